The number of pyridine rings is 1. The second-order valence-corrected chi connectivity index (χ2v) is 6.02. The fraction of sp³-hybridized carbons (Fsp3) is 0.533. The van der Waals surface area contributed by atoms with Gasteiger partial charge in [0.15, 0.2) is 11.5 Å². The number of nitrogens with zero attached hydrogens (tertiary/aromatic N) is 3. The Bertz CT molecular complexity index is 654. The molecule has 0 saturated carbocycles. The van der Waals surface area contributed by atoms with Crippen molar-refractivity contribution in [2.45, 2.75) is 32.7 Å². The molecule has 1 aliphatic rings. The van der Waals surface area contributed by atoms with E-state index in [4.69, 9.17) is 0 Å². The summed E-state index contributed by atoms with van der Waals surface area (Å²) in [6.07, 6.45) is 3.86. The molecule has 2 aromatic heterocycles. The van der Waals surface area contributed by atoms with Gasteiger partial charge in [-0.15, -0.1) is 35.0 Å². The zero-order valence-corrected chi connectivity index (χ0v) is 14.9. The maximum atomic E-state index is 12.6. The van der Waals surface area contributed by atoms with Crippen LogP contribution in [0.4, 0.5) is 0 Å². The van der Waals surface area contributed by atoms with Crippen LogP contribution in [0.15, 0.2) is 24.4 Å². The third-order valence-corrected chi connectivity index (χ3v) is 4.22. The molecule has 3 rings (SSSR count). The summed E-state index contributed by atoms with van der Waals surface area (Å²) in [6.45, 7) is 5.68. The maximum Gasteiger partial charge on any atom is 0.227 e. The Balaban J connectivity index is 0.00000132. The van der Waals surface area contributed by atoms with E-state index in [9.17, 15) is 4.79 Å². The Morgan fingerprint density at radius 3 is 2.87 bits per heavy atom. The van der Waals surface area contributed by atoms with Gasteiger partial charge in [0.25, 0.3) is 0 Å². The monoisotopic (exact) mass is 359 g/mol. The van der Waals surface area contributed by atoms with Gasteiger partial charge in [0.2, 0.25) is 5.91 Å². The first kappa shape index (κ1) is 19.7. The summed E-state index contributed by atoms with van der Waals surface area (Å²) in [4.78, 5) is 12.6. The van der Waals surface area contributed by atoms with E-state index in [-0.39, 0.29) is 42.2 Å². The van der Waals surface area contributed by atoms with Crippen LogP contribution in [0.2, 0.25) is 0 Å². The second-order valence-electron chi connectivity index (χ2n) is 6.02. The molecule has 1 fully saturated rings. The van der Waals surface area contributed by atoms with Crippen molar-refractivity contribution in [2.75, 3.05) is 13.1 Å². The van der Waals surface area contributed by atoms with E-state index in [1.165, 1.54) is 0 Å². The number of nitrogens with one attached hydrogen (secondary N) is 2. The number of hydrogen-bond acceptors (Lipinski definition) is 4. The topological polar surface area (TPSA) is 71.3 Å². The molecule has 2 atom stereocenters. The highest BCUT2D eigenvalue weighted by Gasteiger charge is 2.35. The number of halogens is 2. The van der Waals surface area contributed by atoms with Crippen molar-refractivity contribution in [3.8, 4) is 0 Å². The number of carbonyl (C=O) groups is 1. The minimum Gasteiger partial charge on any atom is -0.346 e. The van der Waals surface area contributed by atoms with Crippen LogP contribution in [-0.2, 0) is 4.79 Å². The van der Waals surface area contributed by atoms with Crippen molar-refractivity contribution in [3.63, 3.8) is 0 Å². The van der Waals surface area contributed by atoms with Gasteiger partial charge >= 0.3 is 0 Å². The summed E-state index contributed by atoms with van der Waals surface area (Å²) in [7, 11) is 0. The predicted molar refractivity (Wildman–Crippen MR) is 94.3 cm³/mol. The maximum absolute atomic E-state index is 12.6. The van der Waals surface area contributed by atoms with Crippen molar-refractivity contribution in [1.82, 2.24) is 25.2 Å². The van der Waals surface area contributed by atoms with Gasteiger partial charge in [-0.2, -0.15) is 0 Å². The number of fused-ring (bicyclic) bond motifs is 1. The highest BCUT2D eigenvalue weighted by atomic mass is 35.5. The van der Waals surface area contributed by atoms with Crippen LogP contribution in [0.25, 0.3) is 5.65 Å². The standard InChI is InChI=1S/C15H21N5O.2ClH/c1-11(13-19-18-12-6-3-4-9-20(12)13)17-14(21)15(2)7-5-8-16-10-15;;/h3-4,6,9,11,16H,5,7-8,10H2,1-2H3,(H,17,21);2*1H. The van der Waals surface area contributed by atoms with Gasteiger partial charge in [-0.25, -0.2) is 0 Å². The van der Waals surface area contributed by atoms with Gasteiger partial charge in [0.1, 0.15) is 0 Å². The molecule has 6 nitrogen and oxygen atoms in total. The molecule has 1 amide bonds. The predicted octanol–water partition coefficient (Wildman–Crippen LogP) is 2.14. The molecular weight excluding hydrogens is 337 g/mol. The summed E-state index contributed by atoms with van der Waals surface area (Å²) in [5.41, 5.74) is 0.451. The highest BCUT2D eigenvalue weighted by molar-refractivity contribution is 5.85. The number of hydrogen-bond donors (Lipinski definition) is 2. The van der Waals surface area contributed by atoms with E-state index in [2.05, 4.69) is 20.8 Å². The van der Waals surface area contributed by atoms with E-state index in [0.29, 0.717) is 0 Å². The van der Waals surface area contributed by atoms with E-state index in [1.54, 1.807) is 0 Å². The molecule has 2 N–H and O–H groups in total. The SMILES string of the molecule is CC(NC(=O)C1(C)CCCNC1)c1nnc2ccccn12.Cl.Cl. The summed E-state index contributed by atoms with van der Waals surface area (Å²) < 4.78 is 1.91. The van der Waals surface area contributed by atoms with Crippen LogP contribution in [0.5, 0.6) is 0 Å². The Hall–Kier alpha value is -1.37. The summed E-state index contributed by atoms with van der Waals surface area (Å²) in [6, 6.07) is 5.58. The van der Waals surface area contributed by atoms with Gasteiger partial charge < -0.3 is 10.6 Å². The second kappa shape index (κ2) is 7.95. The van der Waals surface area contributed by atoms with E-state index >= 15 is 0 Å². The van der Waals surface area contributed by atoms with Crippen molar-refractivity contribution in [1.29, 1.82) is 0 Å². The van der Waals surface area contributed by atoms with Crippen molar-refractivity contribution < 1.29 is 4.79 Å². The average molecular weight is 360 g/mol. The molecule has 2 unspecified atom stereocenters. The van der Waals surface area contributed by atoms with Gasteiger partial charge in [-0.05, 0) is 45.4 Å². The van der Waals surface area contributed by atoms with Crippen molar-refractivity contribution in [2.24, 2.45) is 5.41 Å². The molecule has 8 heteroatoms. The Morgan fingerprint density at radius 2 is 2.17 bits per heavy atom. The third-order valence-electron chi connectivity index (χ3n) is 4.22. The van der Waals surface area contributed by atoms with Crippen LogP contribution in [0, 0.1) is 5.41 Å². The minimum absolute atomic E-state index is 0. The van der Waals surface area contributed by atoms with E-state index in [1.807, 2.05) is 42.6 Å². The van der Waals surface area contributed by atoms with Crippen LogP contribution in [0.1, 0.15) is 38.6 Å². The van der Waals surface area contributed by atoms with Crippen molar-refractivity contribution in [3.05, 3.63) is 30.2 Å². The molecule has 0 spiro atoms. The Morgan fingerprint density at radius 1 is 1.39 bits per heavy atom. The van der Waals surface area contributed by atoms with Crippen molar-refractivity contribution >= 4 is 36.4 Å². The number of carbonyl (C=O) groups excluding carboxylic acids is 1. The quantitative estimate of drug-likeness (QED) is 0.880. The highest BCUT2D eigenvalue weighted by Crippen LogP contribution is 2.26. The normalized spacial score (nSPS) is 21.8. The summed E-state index contributed by atoms with van der Waals surface area (Å²) in [5.74, 6) is 0.834. The first-order valence-corrected chi connectivity index (χ1v) is 7.41. The van der Waals surface area contributed by atoms with Gasteiger partial charge in [-0.3, -0.25) is 9.20 Å². The molecule has 0 bridgehead atoms. The van der Waals surface area contributed by atoms with E-state index < -0.39 is 0 Å². The zero-order valence-electron chi connectivity index (χ0n) is 13.3. The largest absolute Gasteiger partial charge is 0.346 e. The molecule has 1 saturated heterocycles. The minimum atomic E-state index is -0.340. The third kappa shape index (κ3) is 3.94. The number of piperidine rings is 1. The molecule has 3 heterocycles. The van der Waals surface area contributed by atoms with Crippen LogP contribution >= 0.6 is 24.8 Å². The average Bonchev–Trinajstić information content (AvgIpc) is 2.92. The molecule has 23 heavy (non-hydrogen) atoms. The van der Waals surface area contributed by atoms with Gasteiger partial charge in [-0.1, -0.05) is 6.07 Å². The molecule has 0 aromatic carbocycles. The smallest absolute Gasteiger partial charge is 0.227 e. The number of amides is 1. The lowest BCUT2D eigenvalue weighted by Gasteiger charge is -2.33. The van der Waals surface area contributed by atoms with E-state index in [0.717, 1.165) is 37.4 Å². The summed E-state index contributed by atoms with van der Waals surface area (Å²) in [5, 5.41) is 14.7. The fourth-order valence-electron chi connectivity index (χ4n) is 2.84. The molecule has 2 aromatic rings. The molecule has 0 aliphatic carbocycles. The first-order valence-electron chi connectivity index (χ1n) is 7.41. The fourth-order valence-corrected chi connectivity index (χ4v) is 2.84. The molecule has 0 radical (unpaired) electrons. The lowest BCUT2D eigenvalue weighted by molar-refractivity contribution is -0.131. The lowest BCUT2D eigenvalue weighted by Crippen LogP contribution is -2.49. The number of aromatic nitrogens is 3. The lowest BCUT2D eigenvalue weighted by atomic mass is 9.82. The van der Waals surface area contributed by atoms with Crippen LogP contribution in [-0.4, -0.2) is 33.6 Å². The molecular formula is C15H23Cl2N5O. The van der Waals surface area contributed by atoms with Gasteiger partial charge in [0.05, 0.1) is 11.5 Å². The summed E-state index contributed by atoms with van der Waals surface area (Å²) >= 11 is 0. The Labute approximate surface area is 148 Å². The van der Waals surface area contributed by atoms with Crippen LogP contribution in [0.3, 0.4) is 0 Å². The molecule has 128 valence electrons. The number of rotatable bonds is 3. The molecule has 1 aliphatic heterocycles. The van der Waals surface area contributed by atoms with Gasteiger partial charge in [0, 0.05) is 12.7 Å². The zero-order chi connectivity index (χ0) is 14.9. The first-order chi connectivity index (χ1) is 10.1. The van der Waals surface area contributed by atoms with Crippen LogP contribution < -0.4 is 10.6 Å². The Kier molecular flexibility index (Phi) is 6.80.